The third-order valence-corrected chi connectivity index (χ3v) is 4.11. The highest BCUT2D eigenvalue weighted by Gasteiger charge is 2.16. The molecule has 1 heterocycles. The Kier molecular flexibility index (Phi) is 5.20. The summed E-state index contributed by atoms with van der Waals surface area (Å²) in [5, 5.41) is 3.52. The largest absolute Gasteiger partial charge is 0.497 e. The zero-order valence-corrected chi connectivity index (χ0v) is 13.6. The maximum atomic E-state index is 5.31. The first-order chi connectivity index (χ1) is 9.65. The van der Waals surface area contributed by atoms with Crippen molar-refractivity contribution in [3.05, 3.63) is 46.5 Å². The van der Waals surface area contributed by atoms with Crippen LogP contribution in [0.4, 0.5) is 0 Å². The van der Waals surface area contributed by atoms with Crippen LogP contribution in [0.1, 0.15) is 24.2 Å². The van der Waals surface area contributed by atoms with Gasteiger partial charge in [0.25, 0.3) is 0 Å². The minimum Gasteiger partial charge on any atom is -0.497 e. The maximum absolute atomic E-state index is 5.31. The van der Waals surface area contributed by atoms with E-state index in [0.717, 1.165) is 23.2 Å². The number of aryl methyl sites for hydroxylation is 1. The molecule has 108 valence electrons. The van der Waals surface area contributed by atoms with Crippen LogP contribution in [-0.2, 0) is 13.5 Å². The topological polar surface area (TPSA) is 39.1 Å². The van der Waals surface area contributed by atoms with Crippen molar-refractivity contribution in [2.45, 2.75) is 19.4 Å². The van der Waals surface area contributed by atoms with Gasteiger partial charge in [-0.3, -0.25) is 0 Å². The lowest BCUT2D eigenvalue weighted by Gasteiger charge is -2.19. The summed E-state index contributed by atoms with van der Waals surface area (Å²) in [5.41, 5.74) is 2.40. The van der Waals surface area contributed by atoms with Gasteiger partial charge in [-0.05, 0) is 36.7 Å². The van der Waals surface area contributed by atoms with Gasteiger partial charge in [-0.15, -0.1) is 0 Å². The minimum absolute atomic E-state index is 0.232. The van der Waals surface area contributed by atoms with E-state index in [1.807, 2.05) is 31.7 Å². The van der Waals surface area contributed by atoms with Crippen LogP contribution >= 0.6 is 15.9 Å². The SMILES string of the molecule is CCNC(Cc1cc(OC)ccc1Br)c1cncn1C. The Morgan fingerprint density at radius 3 is 2.85 bits per heavy atom. The number of imidazole rings is 1. The van der Waals surface area contributed by atoms with Crippen LogP contribution < -0.4 is 10.1 Å². The summed E-state index contributed by atoms with van der Waals surface area (Å²) in [6, 6.07) is 6.29. The van der Waals surface area contributed by atoms with Crippen molar-refractivity contribution < 1.29 is 4.74 Å². The van der Waals surface area contributed by atoms with Crippen molar-refractivity contribution in [2.24, 2.45) is 7.05 Å². The summed E-state index contributed by atoms with van der Waals surface area (Å²) in [6.07, 6.45) is 4.63. The molecule has 2 aromatic rings. The van der Waals surface area contributed by atoms with Crippen LogP contribution in [-0.4, -0.2) is 23.2 Å². The number of ether oxygens (including phenoxy) is 1. The van der Waals surface area contributed by atoms with E-state index < -0.39 is 0 Å². The van der Waals surface area contributed by atoms with E-state index in [1.54, 1.807) is 7.11 Å². The van der Waals surface area contributed by atoms with Crippen molar-refractivity contribution >= 4 is 15.9 Å². The Labute approximate surface area is 128 Å². The maximum Gasteiger partial charge on any atom is 0.119 e. The van der Waals surface area contributed by atoms with Gasteiger partial charge >= 0.3 is 0 Å². The number of benzene rings is 1. The van der Waals surface area contributed by atoms with E-state index in [4.69, 9.17) is 4.74 Å². The minimum atomic E-state index is 0.232. The van der Waals surface area contributed by atoms with E-state index in [1.165, 1.54) is 11.3 Å². The van der Waals surface area contributed by atoms with E-state index in [9.17, 15) is 0 Å². The fourth-order valence-electron chi connectivity index (χ4n) is 2.29. The molecule has 0 saturated heterocycles. The molecular weight excluding hydrogens is 318 g/mol. The smallest absolute Gasteiger partial charge is 0.119 e. The average molecular weight is 338 g/mol. The van der Waals surface area contributed by atoms with E-state index in [0.29, 0.717) is 0 Å². The number of nitrogens with one attached hydrogen (secondary N) is 1. The first-order valence-electron chi connectivity index (χ1n) is 6.67. The lowest BCUT2D eigenvalue weighted by molar-refractivity contribution is 0.413. The molecule has 5 heteroatoms. The van der Waals surface area contributed by atoms with Crippen molar-refractivity contribution in [1.29, 1.82) is 0 Å². The molecule has 0 aliphatic carbocycles. The molecule has 1 N–H and O–H groups in total. The van der Waals surface area contributed by atoms with Crippen LogP contribution in [0.2, 0.25) is 0 Å². The van der Waals surface area contributed by atoms with Gasteiger partial charge in [0.1, 0.15) is 5.75 Å². The average Bonchev–Trinajstić information content (AvgIpc) is 2.86. The highest BCUT2D eigenvalue weighted by atomic mass is 79.9. The number of hydrogen-bond acceptors (Lipinski definition) is 3. The molecule has 1 unspecified atom stereocenters. The molecule has 1 aromatic carbocycles. The molecule has 0 bridgehead atoms. The molecule has 0 aliphatic rings. The van der Waals surface area contributed by atoms with Crippen molar-refractivity contribution in [3.63, 3.8) is 0 Å². The van der Waals surface area contributed by atoms with Gasteiger partial charge in [0, 0.05) is 17.7 Å². The zero-order valence-electron chi connectivity index (χ0n) is 12.1. The second kappa shape index (κ2) is 6.90. The third-order valence-electron chi connectivity index (χ3n) is 3.34. The van der Waals surface area contributed by atoms with Gasteiger partial charge in [0.2, 0.25) is 0 Å². The van der Waals surface area contributed by atoms with E-state index >= 15 is 0 Å². The Bertz CT molecular complexity index is 568. The van der Waals surface area contributed by atoms with Gasteiger partial charge in [0.05, 0.1) is 25.2 Å². The van der Waals surface area contributed by atoms with E-state index in [-0.39, 0.29) is 6.04 Å². The van der Waals surface area contributed by atoms with Gasteiger partial charge in [-0.25, -0.2) is 4.98 Å². The number of nitrogens with zero attached hydrogens (tertiary/aromatic N) is 2. The summed E-state index contributed by atoms with van der Waals surface area (Å²) in [6.45, 7) is 3.03. The van der Waals surface area contributed by atoms with Gasteiger partial charge in [-0.1, -0.05) is 22.9 Å². The number of likely N-dealkylation sites (N-methyl/N-ethyl adjacent to an activating group) is 1. The van der Waals surface area contributed by atoms with Gasteiger partial charge < -0.3 is 14.6 Å². The predicted octanol–water partition coefficient (Wildman–Crippen LogP) is 3.08. The predicted molar refractivity (Wildman–Crippen MR) is 84.0 cm³/mol. The Balaban J connectivity index is 2.26. The molecule has 0 saturated carbocycles. The molecule has 1 aromatic heterocycles. The molecule has 2 rings (SSSR count). The third kappa shape index (κ3) is 3.41. The first kappa shape index (κ1) is 15.1. The second-order valence-electron chi connectivity index (χ2n) is 4.70. The van der Waals surface area contributed by atoms with Gasteiger partial charge in [-0.2, -0.15) is 0 Å². The van der Waals surface area contributed by atoms with E-state index in [2.05, 4.69) is 43.8 Å². The zero-order chi connectivity index (χ0) is 14.5. The fraction of sp³-hybridized carbons (Fsp3) is 0.400. The summed E-state index contributed by atoms with van der Waals surface area (Å²) in [7, 11) is 3.71. The molecule has 4 nitrogen and oxygen atoms in total. The molecule has 20 heavy (non-hydrogen) atoms. The molecule has 0 aliphatic heterocycles. The standard InChI is InChI=1S/C15H20BrN3O/c1-4-18-14(15-9-17-10-19(15)2)8-11-7-12(20-3)5-6-13(11)16/h5-7,9-10,14,18H,4,8H2,1-3H3. The van der Waals surface area contributed by atoms with Crippen LogP contribution in [0, 0.1) is 0 Å². The number of aromatic nitrogens is 2. The fourth-order valence-corrected chi connectivity index (χ4v) is 2.69. The van der Waals surface area contributed by atoms with Crippen LogP contribution in [0.5, 0.6) is 5.75 Å². The Morgan fingerprint density at radius 2 is 2.25 bits per heavy atom. The summed E-state index contributed by atoms with van der Waals surface area (Å²) in [5.74, 6) is 0.878. The quantitative estimate of drug-likeness (QED) is 0.880. The number of rotatable bonds is 6. The van der Waals surface area contributed by atoms with Crippen molar-refractivity contribution in [1.82, 2.24) is 14.9 Å². The molecule has 1 atom stereocenters. The molecular formula is C15H20BrN3O. The monoisotopic (exact) mass is 337 g/mol. The molecule has 0 amide bonds. The lowest BCUT2D eigenvalue weighted by Crippen LogP contribution is -2.25. The molecule has 0 spiro atoms. The summed E-state index contributed by atoms with van der Waals surface area (Å²) >= 11 is 3.62. The lowest BCUT2D eigenvalue weighted by atomic mass is 10.0. The summed E-state index contributed by atoms with van der Waals surface area (Å²) in [4.78, 5) is 4.21. The van der Waals surface area contributed by atoms with Crippen molar-refractivity contribution in [2.75, 3.05) is 13.7 Å². The molecule has 0 fully saturated rings. The summed E-state index contributed by atoms with van der Waals surface area (Å²) < 4.78 is 8.46. The van der Waals surface area contributed by atoms with Crippen LogP contribution in [0.15, 0.2) is 35.2 Å². The highest BCUT2D eigenvalue weighted by Crippen LogP contribution is 2.27. The first-order valence-corrected chi connectivity index (χ1v) is 7.47. The van der Waals surface area contributed by atoms with Crippen LogP contribution in [0.25, 0.3) is 0 Å². The highest BCUT2D eigenvalue weighted by molar-refractivity contribution is 9.10. The molecule has 0 radical (unpaired) electrons. The number of halogens is 1. The number of methoxy groups -OCH3 is 1. The van der Waals surface area contributed by atoms with Crippen molar-refractivity contribution in [3.8, 4) is 5.75 Å². The van der Waals surface area contributed by atoms with Crippen LogP contribution in [0.3, 0.4) is 0 Å². The Hall–Kier alpha value is -1.33. The number of hydrogen-bond donors (Lipinski definition) is 1. The normalized spacial score (nSPS) is 12.4. The second-order valence-corrected chi connectivity index (χ2v) is 5.56. The van der Waals surface area contributed by atoms with Gasteiger partial charge in [0.15, 0.2) is 0 Å². The Morgan fingerprint density at radius 1 is 1.45 bits per heavy atom.